The smallest absolute Gasteiger partial charge is 0.232 e. The second-order valence-electron chi connectivity index (χ2n) is 7.68. The molecule has 0 spiro atoms. The number of amides is 1. The molecule has 2 aromatic carbocycles. The standard InChI is InChI=1S/C24H27N3O4S/c1-17-8-9-18(2)19(13-17)16-31-23-14-21(10-11-22(23)27(3)32(4,29)30)26-24(28)15-20-7-5-6-12-25-20/h5-14H,15-16H2,1-4H3,(H,26,28). The Bertz CT molecular complexity index is 1210. The van der Waals surface area contributed by atoms with Crippen molar-refractivity contribution in [3.63, 3.8) is 0 Å². The number of nitrogens with zero attached hydrogens (tertiary/aromatic N) is 2. The molecule has 0 atom stereocenters. The van der Waals surface area contributed by atoms with Crippen LogP contribution in [0.2, 0.25) is 0 Å². The van der Waals surface area contributed by atoms with Gasteiger partial charge in [-0.3, -0.25) is 14.1 Å². The van der Waals surface area contributed by atoms with E-state index in [1.165, 1.54) is 7.05 Å². The lowest BCUT2D eigenvalue weighted by Gasteiger charge is -2.21. The third-order valence-corrected chi connectivity index (χ3v) is 6.23. The highest BCUT2D eigenvalue weighted by molar-refractivity contribution is 7.92. The lowest BCUT2D eigenvalue weighted by Crippen LogP contribution is -2.25. The van der Waals surface area contributed by atoms with Crippen molar-refractivity contribution >= 4 is 27.3 Å². The Hall–Kier alpha value is -3.39. The Morgan fingerprint density at radius 3 is 2.56 bits per heavy atom. The second kappa shape index (κ2) is 9.82. The summed E-state index contributed by atoms with van der Waals surface area (Å²) < 4.78 is 31.4. The highest BCUT2D eigenvalue weighted by Gasteiger charge is 2.18. The van der Waals surface area contributed by atoms with Crippen LogP contribution in [0, 0.1) is 13.8 Å². The number of hydrogen-bond acceptors (Lipinski definition) is 5. The summed E-state index contributed by atoms with van der Waals surface area (Å²) in [7, 11) is -2.03. The zero-order chi connectivity index (χ0) is 23.3. The summed E-state index contributed by atoms with van der Waals surface area (Å²) in [6, 6.07) is 16.4. The van der Waals surface area contributed by atoms with Crippen LogP contribution in [0.4, 0.5) is 11.4 Å². The summed E-state index contributed by atoms with van der Waals surface area (Å²) >= 11 is 0. The van der Waals surface area contributed by atoms with Crippen molar-refractivity contribution in [3.8, 4) is 5.75 Å². The maximum Gasteiger partial charge on any atom is 0.232 e. The van der Waals surface area contributed by atoms with Crippen molar-refractivity contribution in [2.75, 3.05) is 22.9 Å². The molecule has 0 unspecified atom stereocenters. The van der Waals surface area contributed by atoms with Crippen molar-refractivity contribution in [2.45, 2.75) is 26.9 Å². The van der Waals surface area contributed by atoms with Gasteiger partial charge in [-0.05, 0) is 49.2 Å². The number of carbonyl (C=O) groups is 1. The van der Waals surface area contributed by atoms with Crippen LogP contribution in [0.15, 0.2) is 60.8 Å². The van der Waals surface area contributed by atoms with Crippen LogP contribution in [-0.2, 0) is 27.8 Å². The minimum absolute atomic E-state index is 0.129. The zero-order valence-corrected chi connectivity index (χ0v) is 19.4. The first-order chi connectivity index (χ1) is 15.1. The molecule has 1 heterocycles. The molecule has 0 saturated heterocycles. The van der Waals surface area contributed by atoms with E-state index in [9.17, 15) is 13.2 Å². The van der Waals surface area contributed by atoms with Gasteiger partial charge in [-0.25, -0.2) is 8.42 Å². The van der Waals surface area contributed by atoms with E-state index in [0.717, 1.165) is 27.3 Å². The number of nitrogens with one attached hydrogen (secondary N) is 1. The SMILES string of the molecule is Cc1ccc(C)c(COc2cc(NC(=O)Cc3ccccn3)ccc2N(C)S(C)(=O)=O)c1. The Labute approximate surface area is 189 Å². The van der Waals surface area contributed by atoms with Gasteiger partial charge in [-0.15, -0.1) is 0 Å². The van der Waals surface area contributed by atoms with Gasteiger partial charge in [0.2, 0.25) is 15.9 Å². The molecule has 3 aromatic rings. The topological polar surface area (TPSA) is 88.6 Å². The van der Waals surface area contributed by atoms with Crippen molar-refractivity contribution in [1.29, 1.82) is 0 Å². The predicted molar refractivity (Wildman–Crippen MR) is 127 cm³/mol. The molecule has 0 aliphatic rings. The van der Waals surface area contributed by atoms with E-state index in [4.69, 9.17) is 4.74 Å². The fraction of sp³-hybridized carbons (Fsp3) is 0.250. The van der Waals surface area contributed by atoms with E-state index in [0.29, 0.717) is 22.8 Å². The summed E-state index contributed by atoms with van der Waals surface area (Å²) in [5.41, 5.74) is 4.74. The minimum atomic E-state index is -3.50. The van der Waals surface area contributed by atoms with Crippen LogP contribution in [0.1, 0.15) is 22.4 Å². The van der Waals surface area contributed by atoms with Gasteiger partial charge >= 0.3 is 0 Å². The normalized spacial score (nSPS) is 11.1. The fourth-order valence-electron chi connectivity index (χ4n) is 3.13. The second-order valence-corrected chi connectivity index (χ2v) is 9.69. The van der Waals surface area contributed by atoms with Gasteiger partial charge in [0.05, 0.1) is 18.4 Å². The third kappa shape index (κ3) is 6.07. The van der Waals surface area contributed by atoms with Gasteiger partial charge in [0.1, 0.15) is 12.4 Å². The number of hydrogen-bond donors (Lipinski definition) is 1. The number of ether oxygens (including phenoxy) is 1. The zero-order valence-electron chi connectivity index (χ0n) is 18.6. The molecule has 0 aliphatic carbocycles. The van der Waals surface area contributed by atoms with Crippen LogP contribution >= 0.6 is 0 Å². The summed E-state index contributed by atoms with van der Waals surface area (Å²) in [5.74, 6) is 0.128. The van der Waals surface area contributed by atoms with E-state index >= 15 is 0 Å². The van der Waals surface area contributed by atoms with Crippen molar-refractivity contribution in [3.05, 3.63) is 83.2 Å². The van der Waals surface area contributed by atoms with Gasteiger partial charge in [0.25, 0.3) is 0 Å². The van der Waals surface area contributed by atoms with Gasteiger partial charge < -0.3 is 10.1 Å². The molecule has 168 valence electrons. The molecule has 1 aromatic heterocycles. The van der Waals surface area contributed by atoms with E-state index < -0.39 is 10.0 Å². The fourth-order valence-corrected chi connectivity index (χ4v) is 3.64. The van der Waals surface area contributed by atoms with Crippen LogP contribution < -0.4 is 14.4 Å². The molecule has 1 N–H and O–H groups in total. The Morgan fingerprint density at radius 2 is 1.88 bits per heavy atom. The summed E-state index contributed by atoms with van der Waals surface area (Å²) in [6.45, 7) is 4.27. The number of carbonyl (C=O) groups excluding carboxylic acids is 1. The number of sulfonamides is 1. The summed E-state index contributed by atoms with van der Waals surface area (Å²) in [5, 5.41) is 2.83. The molecule has 0 saturated carbocycles. The molecule has 3 rings (SSSR count). The van der Waals surface area contributed by atoms with Crippen LogP contribution in [0.3, 0.4) is 0 Å². The van der Waals surface area contributed by atoms with Crippen molar-refractivity contribution < 1.29 is 17.9 Å². The van der Waals surface area contributed by atoms with E-state index in [1.807, 2.05) is 38.1 Å². The third-order valence-electron chi connectivity index (χ3n) is 5.04. The Kier molecular flexibility index (Phi) is 7.15. The minimum Gasteiger partial charge on any atom is -0.487 e. The summed E-state index contributed by atoms with van der Waals surface area (Å²) in [6.07, 6.45) is 2.90. The van der Waals surface area contributed by atoms with Gasteiger partial charge in [-0.2, -0.15) is 0 Å². The number of anilines is 2. The average molecular weight is 454 g/mol. The number of rotatable bonds is 8. The monoisotopic (exact) mass is 453 g/mol. The molecule has 8 heteroatoms. The quantitative estimate of drug-likeness (QED) is 0.560. The highest BCUT2D eigenvalue weighted by atomic mass is 32.2. The maximum atomic E-state index is 12.4. The Morgan fingerprint density at radius 1 is 1.09 bits per heavy atom. The maximum absolute atomic E-state index is 12.4. The van der Waals surface area contributed by atoms with E-state index in [-0.39, 0.29) is 18.9 Å². The number of aromatic nitrogens is 1. The van der Waals surface area contributed by atoms with E-state index in [2.05, 4.69) is 10.3 Å². The van der Waals surface area contributed by atoms with Crippen LogP contribution in [0.25, 0.3) is 0 Å². The summed E-state index contributed by atoms with van der Waals surface area (Å²) in [4.78, 5) is 16.6. The molecule has 1 amide bonds. The number of benzene rings is 2. The van der Waals surface area contributed by atoms with Crippen molar-refractivity contribution in [2.24, 2.45) is 0 Å². The number of aryl methyl sites for hydroxylation is 2. The molecule has 0 radical (unpaired) electrons. The van der Waals surface area contributed by atoms with Crippen LogP contribution in [0.5, 0.6) is 5.75 Å². The molecule has 0 bridgehead atoms. The molecular weight excluding hydrogens is 426 g/mol. The molecular formula is C24H27N3O4S. The Balaban J connectivity index is 1.85. The largest absolute Gasteiger partial charge is 0.487 e. The lowest BCUT2D eigenvalue weighted by molar-refractivity contribution is -0.115. The first-order valence-electron chi connectivity index (χ1n) is 10.1. The first-order valence-corrected chi connectivity index (χ1v) is 11.9. The lowest BCUT2D eigenvalue weighted by atomic mass is 10.1. The van der Waals surface area contributed by atoms with Gasteiger partial charge in [0, 0.05) is 30.7 Å². The first kappa shape index (κ1) is 23.3. The molecule has 7 nitrogen and oxygen atoms in total. The predicted octanol–water partition coefficient (Wildman–Crippen LogP) is 3.85. The van der Waals surface area contributed by atoms with E-state index in [1.54, 1.807) is 36.5 Å². The molecule has 32 heavy (non-hydrogen) atoms. The number of pyridine rings is 1. The van der Waals surface area contributed by atoms with Crippen LogP contribution in [-0.4, -0.2) is 32.6 Å². The van der Waals surface area contributed by atoms with Gasteiger partial charge in [0.15, 0.2) is 0 Å². The average Bonchev–Trinajstić information content (AvgIpc) is 2.74. The molecule has 0 aliphatic heterocycles. The van der Waals surface area contributed by atoms with Gasteiger partial charge in [-0.1, -0.05) is 29.8 Å². The highest BCUT2D eigenvalue weighted by Crippen LogP contribution is 2.33. The molecule has 0 fully saturated rings. The van der Waals surface area contributed by atoms with Crippen molar-refractivity contribution in [1.82, 2.24) is 4.98 Å².